The summed E-state index contributed by atoms with van der Waals surface area (Å²) in [4.78, 5) is 25.9. The summed E-state index contributed by atoms with van der Waals surface area (Å²) in [6, 6.07) is 2.61. The van der Waals surface area contributed by atoms with Crippen LogP contribution in [0, 0.1) is 11.6 Å². The van der Waals surface area contributed by atoms with Crippen LogP contribution in [0.1, 0.15) is 32.8 Å². The van der Waals surface area contributed by atoms with Gasteiger partial charge in [0.25, 0.3) is 0 Å². The molecule has 2 atom stereocenters. The number of phenols is 1. The van der Waals surface area contributed by atoms with E-state index < -0.39 is 51.8 Å². The zero-order valence-electron chi connectivity index (χ0n) is 23.4. The van der Waals surface area contributed by atoms with Gasteiger partial charge in [0.15, 0.2) is 5.82 Å². The number of phenolic OH excluding ortho intramolecular Hbond substituents is 1. The molecule has 2 aromatic carbocycles. The van der Waals surface area contributed by atoms with E-state index in [1.807, 2.05) is 19.0 Å². The van der Waals surface area contributed by atoms with Gasteiger partial charge in [0.2, 0.25) is 5.91 Å². The molecule has 4 rings (SSSR count). The highest BCUT2D eigenvalue weighted by Crippen LogP contribution is 2.46. The van der Waals surface area contributed by atoms with E-state index in [0.717, 1.165) is 18.2 Å². The number of carbonyl (C=O) groups is 1. The Morgan fingerprint density at radius 1 is 1.12 bits per heavy atom. The molecule has 3 aromatic rings. The van der Waals surface area contributed by atoms with Gasteiger partial charge in [-0.2, -0.15) is 23.1 Å². The summed E-state index contributed by atoms with van der Waals surface area (Å²) in [6.45, 7) is 6.29. The third-order valence-corrected chi connectivity index (χ3v) is 7.08. The third kappa shape index (κ3) is 6.14. The number of aromatic nitrogens is 2. The van der Waals surface area contributed by atoms with Crippen molar-refractivity contribution in [1.82, 2.24) is 19.8 Å². The molecule has 2 heterocycles. The number of hydrogen-bond donors (Lipinski definition) is 1. The van der Waals surface area contributed by atoms with Crippen LogP contribution in [0.15, 0.2) is 24.3 Å². The summed E-state index contributed by atoms with van der Waals surface area (Å²) in [5.41, 5.74) is -4.09. The van der Waals surface area contributed by atoms with Gasteiger partial charge in [0, 0.05) is 49.6 Å². The summed E-state index contributed by atoms with van der Waals surface area (Å²) < 4.78 is 80.0. The molecular formula is C28H32F5N5O3. The van der Waals surface area contributed by atoms with Crippen molar-refractivity contribution in [3.8, 4) is 22.9 Å². The first kappa shape index (κ1) is 30.2. The Kier molecular flexibility index (Phi) is 8.57. The molecule has 1 fully saturated rings. The second-order valence-electron chi connectivity index (χ2n) is 10.5. The SMILES string of the molecule is CC(=O)N1C[C@H](C)N(c2nc(OCCCN(C)C)nc3c(F)c(-c4c(O)cccc4F)c(C(F)(F)F)cc23)C[C@H]1C. The molecule has 0 spiro atoms. The molecular weight excluding hydrogens is 549 g/mol. The van der Waals surface area contributed by atoms with Crippen molar-refractivity contribution in [3.63, 3.8) is 0 Å². The van der Waals surface area contributed by atoms with E-state index in [1.165, 1.54) is 6.92 Å². The summed E-state index contributed by atoms with van der Waals surface area (Å²) in [5.74, 6) is -3.72. The Morgan fingerprint density at radius 3 is 2.44 bits per heavy atom. The van der Waals surface area contributed by atoms with Gasteiger partial charge in [-0.1, -0.05) is 6.07 Å². The fourth-order valence-electron chi connectivity index (χ4n) is 5.11. The van der Waals surface area contributed by atoms with Crippen LogP contribution < -0.4 is 9.64 Å². The number of anilines is 1. The van der Waals surface area contributed by atoms with E-state index in [1.54, 1.807) is 23.6 Å². The van der Waals surface area contributed by atoms with E-state index in [9.17, 15) is 27.5 Å². The molecule has 1 amide bonds. The van der Waals surface area contributed by atoms with Gasteiger partial charge < -0.3 is 24.5 Å². The Labute approximate surface area is 234 Å². The molecule has 0 radical (unpaired) electrons. The molecule has 0 unspecified atom stereocenters. The number of aromatic hydroxyl groups is 1. The maximum atomic E-state index is 16.3. The molecule has 8 nitrogen and oxygen atoms in total. The zero-order valence-corrected chi connectivity index (χ0v) is 23.4. The van der Waals surface area contributed by atoms with Gasteiger partial charge in [0.1, 0.15) is 22.9 Å². The Morgan fingerprint density at radius 2 is 1.83 bits per heavy atom. The highest BCUT2D eigenvalue weighted by molar-refractivity contribution is 5.96. The molecule has 1 saturated heterocycles. The zero-order chi connectivity index (χ0) is 30.2. The number of hydrogen-bond acceptors (Lipinski definition) is 7. The molecule has 222 valence electrons. The van der Waals surface area contributed by atoms with Crippen LogP contribution in [0.2, 0.25) is 0 Å². The summed E-state index contributed by atoms with van der Waals surface area (Å²) in [7, 11) is 3.75. The van der Waals surface area contributed by atoms with Crippen LogP contribution in [0.3, 0.4) is 0 Å². The van der Waals surface area contributed by atoms with Gasteiger partial charge in [-0.15, -0.1) is 0 Å². The van der Waals surface area contributed by atoms with Crippen LogP contribution in [0.4, 0.5) is 27.8 Å². The Bertz CT molecular complexity index is 1430. The minimum atomic E-state index is -5.12. The van der Waals surface area contributed by atoms with Crippen LogP contribution >= 0.6 is 0 Å². The third-order valence-electron chi connectivity index (χ3n) is 7.08. The van der Waals surface area contributed by atoms with E-state index in [-0.39, 0.29) is 48.9 Å². The molecule has 1 aliphatic heterocycles. The molecule has 0 aliphatic carbocycles. The normalized spacial score (nSPS) is 17.9. The Hall–Kier alpha value is -3.74. The minimum Gasteiger partial charge on any atom is -0.507 e. The molecule has 0 bridgehead atoms. The van der Waals surface area contributed by atoms with Gasteiger partial charge >= 0.3 is 12.2 Å². The predicted molar refractivity (Wildman–Crippen MR) is 144 cm³/mol. The van der Waals surface area contributed by atoms with Gasteiger partial charge in [-0.3, -0.25) is 4.79 Å². The lowest BCUT2D eigenvalue weighted by Gasteiger charge is -2.44. The van der Waals surface area contributed by atoms with Crippen molar-refractivity contribution in [1.29, 1.82) is 0 Å². The number of benzene rings is 2. The maximum Gasteiger partial charge on any atom is 0.417 e. The lowest BCUT2D eigenvalue weighted by molar-refractivity contribution is -0.137. The first-order valence-electron chi connectivity index (χ1n) is 13.1. The largest absolute Gasteiger partial charge is 0.507 e. The highest BCUT2D eigenvalue weighted by Gasteiger charge is 2.40. The lowest BCUT2D eigenvalue weighted by atomic mass is 9.94. The molecule has 1 aliphatic rings. The van der Waals surface area contributed by atoms with Crippen molar-refractivity contribution < 1.29 is 36.6 Å². The first-order chi connectivity index (χ1) is 19.2. The number of fused-ring (bicyclic) bond motifs is 1. The van der Waals surface area contributed by atoms with Crippen molar-refractivity contribution in [2.45, 2.75) is 45.5 Å². The van der Waals surface area contributed by atoms with Crippen LogP contribution in [-0.2, 0) is 11.0 Å². The van der Waals surface area contributed by atoms with Gasteiger partial charge in [-0.25, -0.2) is 8.78 Å². The fraction of sp³-hybridized carbons (Fsp3) is 0.464. The topological polar surface area (TPSA) is 82.0 Å². The summed E-state index contributed by atoms with van der Waals surface area (Å²) in [6.07, 6.45) is -4.55. The number of carbonyl (C=O) groups excluding carboxylic acids is 1. The van der Waals surface area contributed by atoms with E-state index in [2.05, 4.69) is 9.97 Å². The maximum absolute atomic E-state index is 16.3. The molecule has 1 N–H and O–H groups in total. The van der Waals surface area contributed by atoms with E-state index in [0.29, 0.717) is 19.0 Å². The average molecular weight is 582 g/mol. The van der Waals surface area contributed by atoms with Crippen molar-refractivity contribution in [3.05, 3.63) is 41.5 Å². The number of piperazine rings is 1. The van der Waals surface area contributed by atoms with Crippen molar-refractivity contribution >= 4 is 22.6 Å². The molecule has 13 heteroatoms. The molecule has 41 heavy (non-hydrogen) atoms. The van der Waals surface area contributed by atoms with Crippen molar-refractivity contribution in [2.75, 3.05) is 45.2 Å². The van der Waals surface area contributed by atoms with E-state index >= 15 is 4.39 Å². The number of alkyl halides is 3. The molecule has 1 aromatic heterocycles. The second-order valence-corrected chi connectivity index (χ2v) is 10.5. The number of rotatable bonds is 7. The standard InChI is InChI=1S/C28H32F5N5O3/c1-15-14-38(16(2)13-37(15)17(3)39)26-18-12-19(28(31,32)33)22(23-20(29)8-6-9-21(23)40)24(30)25(18)34-27(35-26)41-11-7-10-36(4)5/h6,8-9,12,15-16,40H,7,10-11,13-14H2,1-5H3/t15-,16+/m1/s1. The monoisotopic (exact) mass is 581 g/mol. The fourth-order valence-corrected chi connectivity index (χ4v) is 5.11. The highest BCUT2D eigenvalue weighted by atomic mass is 19.4. The Balaban J connectivity index is 1.98. The van der Waals surface area contributed by atoms with Gasteiger partial charge in [0.05, 0.1) is 17.7 Å². The van der Waals surface area contributed by atoms with Gasteiger partial charge in [-0.05, 0) is 52.6 Å². The number of ether oxygens (including phenoxy) is 1. The van der Waals surface area contributed by atoms with Crippen LogP contribution in [0.5, 0.6) is 11.8 Å². The molecule has 0 saturated carbocycles. The quantitative estimate of drug-likeness (QED) is 0.308. The number of amides is 1. The first-order valence-corrected chi connectivity index (χ1v) is 13.1. The van der Waals surface area contributed by atoms with Crippen LogP contribution in [-0.4, -0.2) is 83.2 Å². The number of nitrogens with zero attached hydrogens (tertiary/aromatic N) is 5. The second kappa shape index (κ2) is 11.6. The minimum absolute atomic E-state index is 0.00568. The smallest absolute Gasteiger partial charge is 0.417 e. The lowest BCUT2D eigenvalue weighted by Crippen LogP contribution is -2.58. The number of halogens is 5. The summed E-state index contributed by atoms with van der Waals surface area (Å²) >= 11 is 0. The summed E-state index contributed by atoms with van der Waals surface area (Å²) in [5, 5.41) is 10.0. The average Bonchev–Trinajstić information content (AvgIpc) is 2.87. The van der Waals surface area contributed by atoms with E-state index in [4.69, 9.17) is 4.74 Å². The predicted octanol–water partition coefficient (Wildman–Crippen LogP) is 5.08. The van der Waals surface area contributed by atoms with Crippen LogP contribution in [0.25, 0.3) is 22.0 Å². The van der Waals surface area contributed by atoms with Crippen molar-refractivity contribution in [2.24, 2.45) is 0 Å².